The van der Waals surface area contributed by atoms with Crippen LogP contribution >= 0.6 is 0 Å². The molecule has 2 aromatic heterocycles. The summed E-state index contributed by atoms with van der Waals surface area (Å²) in [5.41, 5.74) is 6.60. The molecule has 186 valence electrons. The number of carbonyl (C=O) groups excluding carboxylic acids is 1. The quantitative estimate of drug-likeness (QED) is 0.251. The van der Waals surface area contributed by atoms with E-state index in [9.17, 15) is 4.79 Å². The van der Waals surface area contributed by atoms with Gasteiger partial charge in [0.1, 0.15) is 17.1 Å². The third kappa shape index (κ3) is 5.48. The third-order valence-corrected chi connectivity index (χ3v) is 6.21. The number of imidazole rings is 1. The molecule has 5 aromatic rings. The minimum Gasteiger partial charge on any atom is -0.497 e. The minimum absolute atomic E-state index is 0.0558. The SMILES string of the molecule is CCOc1cccc(-c2ccc3nc(-c4ccccc4)c(CCC(=O)Nc4ccc(OC)cc4)n3c2)c1. The Bertz CT molecular complexity index is 1510. The fourth-order valence-electron chi connectivity index (χ4n) is 4.39. The van der Waals surface area contributed by atoms with Gasteiger partial charge in [0.15, 0.2) is 0 Å². The van der Waals surface area contributed by atoms with Crippen molar-refractivity contribution in [2.45, 2.75) is 19.8 Å². The molecule has 0 aliphatic carbocycles. The fourth-order valence-corrected chi connectivity index (χ4v) is 4.39. The van der Waals surface area contributed by atoms with E-state index in [1.165, 1.54) is 0 Å². The highest BCUT2D eigenvalue weighted by atomic mass is 16.5. The lowest BCUT2D eigenvalue weighted by atomic mass is 10.1. The van der Waals surface area contributed by atoms with Crippen molar-refractivity contribution >= 4 is 17.2 Å². The lowest BCUT2D eigenvalue weighted by molar-refractivity contribution is -0.116. The molecule has 0 unspecified atom stereocenters. The Hall–Kier alpha value is -4.58. The summed E-state index contributed by atoms with van der Waals surface area (Å²) >= 11 is 0. The summed E-state index contributed by atoms with van der Waals surface area (Å²) in [7, 11) is 1.62. The molecule has 0 aliphatic heterocycles. The molecule has 0 saturated carbocycles. The summed E-state index contributed by atoms with van der Waals surface area (Å²) in [6.07, 6.45) is 2.95. The van der Waals surface area contributed by atoms with Crippen LogP contribution in [0.3, 0.4) is 0 Å². The maximum absolute atomic E-state index is 12.8. The molecule has 0 fully saturated rings. The van der Waals surface area contributed by atoms with Crippen molar-refractivity contribution in [2.75, 3.05) is 19.0 Å². The van der Waals surface area contributed by atoms with E-state index < -0.39 is 0 Å². The molecule has 6 heteroatoms. The Morgan fingerprint density at radius 1 is 0.865 bits per heavy atom. The normalized spacial score (nSPS) is 10.9. The van der Waals surface area contributed by atoms with Gasteiger partial charge >= 0.3 is 0 Å². The number of methoxy groups -OCH3 is 1. The largest absolute Gasteiger partial charge is 0.497 e. The van der Waals surface area contributed by atoms with E-state index in [0.717, 1.165) is 50.9 Å². The molecule has 37 heavy (non-hydrogen) atoms. The van der Waals surface area contributed by atoms with E-state index in [1.807, 2.05) is 73.7 Å². The van der Waals surface area contributed by atoms with Crippen LogP contribution in [-0.4, -0.2) is 29.0 Å². The van der Waals surface area contributed by atoms with Gasteiger partial charge in [0, 0.05) is 23.9 Å². The van der Waals surface area contributed by atoms with Gasteiger partial charge < -0.3 is 19.2 Å². The monoisotopic (exact) mass is 491 g/mol. The summed E-state index contributed by atoms with van der Waals surface area (Å²) < 4.78 is 13.0. The second-order valence-electron chi connectivity index (χ2n) is 8.66. The molecule has 6 nitrogen and oxygen atoms in total. The second-order valence-corrected chi connectivity index (χ2v) is 8.66. The van der Waals surface area contributed by atoms with Crippen molar-refractivity contribution in [1.29, 1.82) is 0 Å². The summed E-state index contributed by atoms with van der Waals surface area (Å²) in [5.74, 6) is 1.53. The fraction of sp³-hybridized carbons (Fsp3) is 0.161. The number of ether oxygens (including phenoxy) is 2. The Kier molecular flexibility index (Phi) is 7.17. The third-order valence-electron chi connectivity index (χ3n) is 6.21. The summed E-state index contributed by atoms with van der Waals surface area (Å²) in [4.78, 5) is 17.8. The zero-order chi connectivity index (χ0) is 25.6. The van der Waals surface area contributed by atoms with Crippen LogP contribution in [0.25, 0.3) is 28.0 Å². The van der Waals surface area contributed by atoms with Gasteiger partial charge in [-0.15, -0.1) is 0 Å². The van der Waals surface area contributed by atoms with E-state index in [0.29, 0.717) is 19.4 Å². The minimum atomic E-state index is -0.0558. The van der Waals surface area contributed by atoms with Gasteiger partial charge in [0.25, 0.3) is 0 Å². The van der Waals surface area contributed by atoms with E-state index in [-0.39, 0.29) is 5.91 Å². The average Bonchev–Trinajstić information content (AvgIpc) is 3.31. The molecule has 1 amide bonds. The standard InChI is InChI=1S/C31H29N3O3/c1-3-37-27-11-7-10-23(20-27)24-12-18-29-33-31(22-8-5-4-6-9-22)28(34(29)21-24)17-19-30(35)32-25-13-15-26(36-2)16-14-25/h4-16,18,20-21H,3,17,19H2,1-2H3,(H,32,35). The predicted molar refractivity (Wildman–Crippen MR) is 147 cm³/mol. The molecular formula is C31H29N3O3. The van der Waals surface area contributed by atoms with Gasteiger partial charge in [-0.05, 0) is 73.0 Å². The Balaban J connectivity index is 1.46. The number of carbonyl (C=O) groups is 1. The maximum atomic E-state index is 12.8. The van der Waals surface area contributed by atoms with Crippen molar-refractivity contribution in [3.63, 3.8) is 0 Å². The van der Waals surface area contributed by atoms with Gasteiger partial charge in [0.05, 0.1) is 25.1 Å². The zero-order valence-electron chi connectivity index (χ0n) is 21.0. The molecule has 0 aliphatic rings. The number of aryl methyl sites for hydroxylation is 1. The molecular weight excluding hydrogens is 462 g/mol. The highest BCUT2D eigenvalue weighted by Crippen LogP contribution is 2.29. The molecule has 1 N–H and O–H groups in total. The van der Waals surface area contributed by atoms with Crippen molar-refractivity contribution in [1.82, 2.24) is 9.38 Å². The van der Waals surface area contributed by atoms with Crippen LogP contribution in [0.1, 0.15) is 19.0 Å². The van der Waals surface area contributed by atoms with Crippen LogP contribution in [0.15, 0.2) is 97.2 Å². The van der Waals surface area contributed by atoms with E-state index in [2.05, 4.69) is 40.2 Å². The highest BCUT2D eigenvalue weighted by Gasteiger charge is 2.16. The van der Waals surface area contributed by atoms with E-state index in [1.54, 1.807) is 7.11 Å². The molecule has 3 aromatic carbocycles. The molecule has 5 rings (SSSR count). The maximum Gasteiger partial charge on any atom is 0.224 e. The first-order valence-corrected chi connectivity index (χ1v) is 12.4. The topological polar surface area (TPSA) is 64.9 Å². The number of hydrogen-bond acceptors (Lipinski definition) is 4. The summed E-state index contributed by atoms with van der Waals surface area (Å²) in [6, 6.07) is 29.6. The Morgan fingerprint density at radius 3 is 2.41 bits per heavy atom. The Labute approximate surface area is 216 Å². The smallest absolute Gasteiger partial charge is 0.224 e. The van der Waals surface area contributed by atoms with Gasteiger partial charge in [-0.3, -0.25) is 4.79 Å². The van der Waals surface area contributed by atoms with Gasteiger partial charge in [0.2, 0.25) is 5.91 Å². The number of benzene rings is 3. The number of rotatable bonds is 9. The van der Waals surface area contributed by atoms with Crippen molar-refractivity contribution < 1.29 is 14.3 Å². The molecule has 0 atom stereocenters. The number of amides is 1. The van der Waals surface area contributed by atoms with Gasteiger partial charge in [-0.1, -0.05) is 42.5 Å². The van der Waals surface area contributed by atoms with Crippen molar-refractivity contribution in [3.05, 3.63) is 103 Å². The van der Waals surface area contributed by atoms with Crippen LogP contribution in [0, 0.1) is 0 Å². The highest BCUT2D eigenvalue weighted by molar-refractivity contribution is 5.91. The summed E-state index contributed by atoms with van der Waals surface area (Å²) in [6.45, 7) is 2.60. The van der Waals surface area contributed by atoms with Gasteiger partial charge in [-0.25, -0.2) is 4.98 Å². The molecule has 0 saturated heterocycles. The van der Waals surface area contributed by atoms with Crippen LogP contribution in [0.5, 0.6) is 11.5 Å². The zero-order valence-corrected chi connectivity index (χ0v) is 21.0. The van der Waals surface area contributed by atoms with Crippen LogP contribution in [0.4, 0.5) is 5.69 Å². The second kappa shape index (κ2) is 11.0. The first kappa shape index (κ1) is 24.1. The lowest BCUT2D eigenvalue weighted by Gasteiger charge is -2.10. The number of fused-ring (bicyclic) bond motifs is 1. The lowest BCUT2D eigenvalue weighted by Crippen LogP contribution is -2.13. The average molecular weight is 492 g/mol. The van der Waals surface area contributed by atoms with Crippen molar-refractivity contribution in [2.24, 2.45) is 0 Å². The van der Waals surface area contributed by atoms with Gasteiger partial charge in [-0.2, -0.15) is 0 Å². The molecule has 0 spiro atoms. The van der Waals surface area contributed by atoms with Crippen LogP contribution in [-0.2, 0) is 11.2 Å². The van der Waals surface area contributed by atoms with Crippen LogP contribution < -0.4 is 14.8 Å². The number of pyridine rings is 1. The first-order valence-electron chi connectivity index (χ1n) is 12.4. The number of nitrogens with one attached hydrogen (secondary N) is 1. The number of nitrogens with zero attached hydrogens (tertiary/aromatic N) is 2. The molecule has 0 bridgehead atoms. The van der Waals surface area contributed by atoms with E-state index >= 15 is 0 Å². The summed E-state index contributed by atoms with van der Waals surface area (Å²) in [5, 5.41) is 2.98. The molecule has 0 radical (unpaired) electrons. The number of anilines is 1. The van der Waals surface area contributed by atoms with Crippen molar-refractivity contribution in [3.8, 4) is 33.9 Å². The number of aromatic nitrogens is 2. The van der Waals surface area contributed by atoms with E-state index in [4.69, 9.17) is 14.5 Å². The number of hydrogen-bond donors (Lipinski definition) is 1. The predicted octanol–water partition coefficient (Wildman–Crippen LogP) is 6.65. The molecule has 2 heterocycles. The Morgan fingerprint density at radius 2 is 1.65 bits per heavy atom. The first-order chi connectivity index (χ1) is 18.1. The van der Waals surface area contributed by atoms with Crippen LogP contribution in [0.2, 0.25) is 0 Å².